The molecule has 0 saturated carbocycles. The summed E-state index contributed by atoms with van der Waals surface area (Å²) in [6.07, 6.45) is -1.02. The molecular formula is C11H11ClN2O4S. The number of imide groups is 1. The minimum atomic E-state index is -1.02. The molecule has 0 bridgehead atoms. The molecule has 2 rings (SSSR count). The standard InChI is InChI=1S/C11H11ClN2O4S/c1-6(9(15)14-5-4-13-11(14)17)18-10(16)7-2-3-8(12)19-7/h2-3,6H,4-5H2,1H3,(H,13,17)/t6-/m1/s1. The van der Waals surface area contributed by atoms with E-state index in [2.05, 4.69) is 5.32 Å². The average molecular weight is 303 g/mol. The van der Waals surface area contributed by atoms with Crippen LogP contribution in [0.4, 0.5) is 4.79 Å². The number of ether oxygens (including phenoxy) is 1. The smallest absolute Gasteiger partial charge is 0.349 e. The van der Waals surface area contributed by atoms with E-state index >= 15 is 0 Å². The van der Waals surface area contributed by atoms with Crippen molar-refractivity contribution < 1.29 is 19.1 Å². The molecule has 1 aliphatic rings. The van der Waals surface area contributed by atoms with Gasteiger partial charge in [-0.3, -0.25) is 9.69 Å². The Labute approximate surface area is 118 Å². The van der Waals surface area contributed by atoms with Gasteiger partial charge in [0.2, 0.25) is 0 Å². The van der Waals surface area contributed by atoms with Crippen LogP contribution in [0.1, 0.15) is 16.6 Å². The first-order valence-electron chi connectivity index (χ1n) is 5.54. The molecule has 1 aromatic heterocycles. The van der Waals surface area contributed by atoms with E-state index in [0.29, 0.717) is 15.8 Å². The summed E-state index contributed by atoms with van der Waals surface area (Å²) >= 11 is 6.78. The van der Waals surface area contributed by atoms with Crippen LogP contribution < -0.4 is 5.32 Å². The fourth-order valence-corrected chi connectivity index (χ4v) is 2.52. The Hall–Kier alpha value is -1.60. The van der Waals surface area contributed by atoms with Crippen LogP contribution in [0.15, 0.2) is 12.1 Å². The fraction of sp³-hybridized carbons (Fsp3) is 0.364. The maximum absolute atomic E-state index is 11.9. The van der Waals surface area contributed by atoms with Gasteiger partial charge in [-0.05, 0) is 19.1 Å². The lowest BCUT2D eigenvalue weighted by atomic mass is 10.3. The molecule has 1 saturated heterocycles. The summed E-state index contributed by atoms with van der Waals surface area (Å²) in [6, 6.07) is 2.63. The van der Waals surface area contributed by atoms with Crippen LogP contribution in [-0.2, 0) is 9.53 Å². The number of urea groups is 1. The number of esters is 1. The van der Waals surface area contributed by atoms with Crippen LogP contribution >= 0.6 is 22.9 Å². The topological polar surface area (TPSA) is 75.7 Å². The number of thiophene rings is 1. The summed E-state index contributed by atoms with van der Waals surface area (Å²) < 4.78 is 5.48. The molecule has 1 aromatic rings. The van der Waals surface area contributed by atoms with Gasteiger partial charge in [0.15, 0.2) is 6.10 Å². The van der Waals surface area contributed by atoms with E-state index in [0.717, 1.165) is 16.2 Å². The Morgan fingerprint density at radius 1 is 1.53 bits per heavy atom. The van der Waals surface area contributed by atoms with Gasteiger partial charge in [0.1, 0.15) is 4.88 Å². The number of amides is 3. The van der Waals surface area contributed by atoms with Crippen molar-refractivity contribution in [3.8, 4) is 0 Å². The van der Waals surface area contributed by atoms with E-state index in [1.807, 2.05) is 0 Å². The van der Waals surface area contributed by atoms with Crippen molar-refractivity contribution in [2.75, 3.05) is 13.1 Å². The van der Waals surface area contributed by atoms with Crippen LogP contribution in [0.2, 0.25) is 4.34 Å². The van der Waals surface area contributed by atoms with Gasteiger partial charge in [0.25, 0.3) is 5.91 Å². The highest BCUT2D eigenvalue weighted by Crippen LogP contribution is 2.22. The first-order valence-corrected chi connectivity index (χ1v) is 6.74. The first-order chi connectivity index (χ1) is 8.99. The van der Waals surface area contributed by atoms with Crippen molar-refractivity contribution in [3.63, 3.8) is 0 Å². The number of hydrogen-bond acceptors (Lipinski definition) is 5. The van der Waals surface area contributed by atoms with E-state index in [1.165, 1.54) is 13.0 Å². The zero-order valence-electron chi connectivity index (χ0n) is 10.0. The van der Waals surface area contributed by atoms with Crippen molar-refractivity contribution in [2.24, 2.45) is 0 Å². The van der Waals surface area contributed by atoms with E-state index < -0.39 is 24.0 Å². The van der Waals surface area contributed by atoms with Gasteiger partial charge in [-0.25, -0.2) is 9.59 Å². The molecule has 0 aromatic carbocycles. The number of carbonyl (C=O) groups excluding carboxylic acids is 3. The summed E-state index contributed by atoms with van der Waals surface area (Å²) in [5.74, 6) is -1.16. The molecule has 0 spiro atoms. The lowest BCUT2D eigenvalue weighted by Crippen LogP contribution is -2.41. The van der Waals surface area contributed by atoms with Crippen LogP contribution in [0.3, 0.4) is 0 Å². The highest BCUT2D eigenvalue weighted by molar-refractivity contribution is 7.17. The van der Waals surface area contributed by atoms with Gasteiger partial charge >= 0.3 is 12.0 Å². The molecule has 102 valence electrons. The fourth-order valence-electron chi connectivity index (χ4n) is 1.59. The van der Waals surface area contributed by atoms with Gasteiger partial charge in [0.05, 0.1) is 4.34 Å². The van der Waals surface area contributed by atoms with Gasteiger partial charge in [-0.15, -0.1) is 11.3 Å². The predicted octanol–water partition coefficient (Wildman–Crippen LogP) is 1.50. The van der Waals surface area contributed by atoms with E-state index in [4.69, 9.17) is 16.3 Å². The van der Waals surface area contributed by atoms with Crippen molar-refractivity contribution in [1.29, 1.82) is 0 Å². The third kappa shape index (κ3) is 3.05. The van der Waals surface area contributed by atoms with Crippen LogP contribution in [0.25, 0.3) is 0 Å². The van der Waals surface area contributed by atoms with Crippen molar-refractivity contribution >= 4 is 40.8 Å². The second-order valence-electron chi connectivity index (χ2n) is 3.87. The summed E-state index contributed by atoms with van der Waals surface area (Å²) in [4.78, 5) is 36.3. The summed E-state index contributed by atoms with van der Waals surface area (Å²) in [5, 5.41) is 2.50. The molecule has 19 heavy (non-hydrogen) atoms. The molecule has 1 N–H and O–H groups in total. The largest absolute Gasteiger partial charge is 0.448 e. The molecule has 8 heteroatoms. The minimum Gasteiger partial charge on any atom is -0.448 e. The molecule has 3 amide bonds. The highest BCUT2D eigenvalue weighted by Gasteiger charge is 2.31. The lowest BCUT2D eigenvalue weighted by molar-refractivity contribution is -0.135. The molecule has 0 unspecified atom stereocenters. The molecule has 1 atom stereocenters. The number of halogens is 1. The monoisotopic (exact) mass is 302 g/mol. The molecule has 0 aliphatic carbocycles. The SMILES string of the molecule is C[C@@H](OC(=O)c1ccc(Cl)s1)C(=O)N1CCNC1=O. The van der Waals surface area contributed by atoms with Crippen LogP contribution in [0, 0.1) is 0 Å². The Bertz CT molecular complexity index is 531. The highest BCUT2D eigenvalue weighted by atomic mass is 35.5. The van der Waals surface area contributed by atoms with E-state index in [-0.39, 0.29) is 6.54 Å². The quantitative estimate of drug-likeness (QED) is 0.859. The second kappa shape index (κ2) is 5.58. The van der Waals surface area contributed by atoms with Gasteiger partial charge < -0.3 is 10.1 Å². The lowest BCUT2D eigenvalue weighted by Gasteiger charge is -2.17. The number of rotatable bonds is 3. The Kier molecular flexibility index (Phi) is 4.06. The van der Waals surface area contributed by atoms with Crippen molar-refractivity contribution in [3.05, 3.63) is 21.3 Å². The number of carbonyl (C=O) groups is 3. The van der Waals surface area contributed by atoms with Crippen LogP contribution in [-0.4, -0.2) is 42.0 Å². The molecule has 2 heterocycles. The zero-order chi connectivity index (χ0) is 14.0. The first kappa shape index (κ1) is 13.8. The Balaban J connectivity index is 1.97. The summed E-state index contributed by atoms with van der Waals surface area (Å²) in [7, 11) is 0. The van der Waals surface area contributed by atoms with E-state index in [9.17, 15) is 14.4 Å². The van der Waals surface area contributed by atoms with Crippen molar-refractivity contribution in [1.82, 2.24) is 10.2 Å². The number of nitrogens with zero attached hydrogens (tertiary/aromatic N) is 1. The summed E-state index contributed by atoms with van der Waals surface area (Å²) in [5.41, 5.74) is 0. The molecule has 1 fully saturated rings. The van der Waals surface area contributed by atoms with Crippen molar-refractivity contribution in [2.45, 2.75) is 13.0 Å². The normalized spacial score (nSPS) is 16.1. The Morgan fingerprint density at radius 2 is 2.26 bits per heavy atom. The van der Waals surface area contributed by atoms with Gasteiger partial charge in [0, 0.05) is 13.1 Å². The maximum atomic E-state index is 11.9. The second-order valence-corrected chi connectivity index (χ2v) is 5.59. The number of nitrogens with one attached hydrogen (secondary N) is 1. The molecule has 6 nitrogen and oxygen atoms in total. The van der Waals surface area contributed by atoms with E-state index in [1.54, 1.807) is 6.07 Å². The predicted molar refractivity (Wildman–Crippen MR) is 69.3 cm³/mol. The molecule has 0 radical (unpaired) electrons. The molecular weight excluding hydrogens is 292 g/mol. The van der Waals surface area contributed by atoms with Gasteiger partial charge in [-0.2, -0.15) is 0 Å². The zero-order valence-corrected chi connectivity index (χ0v) is 11.6. The Morgan fingerprint density at radius 3 is 2.79 bits per heavy atom. The maximum Gasteiger partial charge on any atom is 0.349 e. The average Bonchev–Trinajstić information content (AvgIpc) is 2.97. The minimum absolute atomic E-state index is 0.282. The molecule has 1 aliphatic heterocycles. The van der Waals surface area contributed by atoms with Gasteiger partial charge in [-0.1, -0.05) is 11.6 Å². The third-order valence-electron chi connectivity index (χ3n) is 2.53. The van der Waals surface area contributed by atoms with Crippen LogP contribution in [0.5, 0.6) is 0 Å². The summed E-state index contributed by atoms with van der Waals surface area (Å²) in [6.45, 7) is 2.12. The number of hydrogen-bond donors (Lipinski definition) is 1. The third-order valence-corrected chi connectivity index (χ3v) is 3.74.